The lowest BCUT2D eigenvalue weighted by molar-refractivity contribution is -0.135. The summed E-state index contributed by atoms with van der Waals surface area (Å²) in [5, 5.41) is 11.1. The van der Waals surface area contributed by atoms with E-state index in [9.17, 15) is 9.90 Å². The molecule has 0 aliphatic carbocycles. The number of hydrogen-bond donors (Lipinski definition) is 1. The van der Waals surface area contributed by atoms with Crippen LogP contribution in [0, 0.1) is 0 Å². The first-order chi connectivity index (χ1) is 9.82. The molecular weight excluding hydrogens is 268 g/mol. The summed E-state index contributed by atoms with van der Waals surface area (Å²) in [6, 6.07) is 7.61. The number of aromatic nitrogens is 1. The van der Waals surface area contributed by atoms with Gasteiger partial charge in [-0.2, -0.15) is 0 Å². The number of ether oxygens (including phenoxy) is 1. The first kappa shape index (κ1) is 15.1. The summed E-state index contributed by atoms with van der Waals surface area (Å²) in [4.78, 5) is 17.4. The maximum Gasteiger partial charge on any atom is 0.323 e. The van der Waals surface area contributed by atoms with Gasteiger partial charge in [-0.15, -0.1) is 0 Å². The average molecular weight is 288 g/mol. The van der Waals surface area contributed by atoms with Crippen LogP contribution in [0.3, 0.4) is 0 Å². The van der Waals surface area contributed by atoms with Gasteiger partial charge in [-0.3, -0.25) is 4.79 Å². The van der Waals surface area contributed by atoms with Gasteiger partial charge < -0.3 is 14.7 Å². The third-order valence-corrected chi connectivity index (χ3v) is 3.31. The van der Waals surface area contributed by atoms with Crippen molar-refractivity contribution in [2.24, 2.45) is 0 Å². The summed E-state index contributed by atoms with van der Waals surface area (Å²) in [5.74, 6) is 0.494. The number of aliphatic carboxylic acids is 1. The largest absolute Gasteiger partial charge is 0.497 e. The highest BCUT2D eigenvalue weighted by Gasteiger charge is 2.26. The topological polar surface area (TPSA) is 62.7 Å². The zero-order valence-electron chi connectivity index (χ0n) is 12.8. The molecule has 112 valence electrons. The molecule has 1 aromatic carbocycles. The van der Waals surface area contributed by atoms with Crippen molar-refractivity contribution in [3.63, 3.8) is 0 Å². The van der Waals surface area contributed by atoms with Crippen molar-refractivity contribution in [1.29, 1.82) is 0 Å². The van der Waals surface area contributed by atoms with Crippen LogP contribution in [0.2, 0.25) is 0 Å². The molecule has 21 heavy (non-hydrogen) atoms. The van der Waals surface area contributed by atoms with Crippen LogP contribution < -0.4 is 9.64 Å². The van der Waals surface area contributed by atoms with Crippen LogP contribution in [0.15, 0.2) is 30.5 Å². The first-order valence-corrected chi connectivity index (χ1v) is 6.75. The maximum atomic E-state index is 11.2. The highest BCUT2D eigenvalue weighted by molar-refractivity contribution is 5.94. The second-order valence-electron chi connectivity index (χ2n) is 5.87. The van der Waals surface area contributed by atoms with E-state index < -0.39 is 5.97 Å². The molecule has 1 heterocycles. The number of methoxy groups -OCH3 is 1. The zero-order valence-corrected chi connectivity index (χ0v) is 12.8. The van der Waals surface area contributed by atoms with Crippen LogP contribution in [-0.2, 0) is 4.79 Å². The standard InChI is InChI=1S/C16H20N2O3/c1-16(2,3)18(10-14(19)20)15-13-9-12(21-4)6-5-11(13)7-8-17-15/h5-9H,10H2,1-4H3,(H,19,20). The third-order valence-electron chi connectivity index (χ3n) is 3.31. The van der Waals surface area contributed by atoms with E-state index in [1.165, 1.54) is 0 Å². The number of hydrogen-bond acceptors (Lipinski definition) is 4. The molecule has 2 aromatic rings. The van der Waals surface area contributed by atoms with E-state index in [-0.39, 0.29) is 12.1 Å². The minimum absolute atomic E-state index is 0.104. The number of fused-ring (bicyclic) bond motifs is 1. The van der Waals surface area contributed by atoms with Crippen molar-refractivity contribution < 1.29 is 14.6 Å². The molecule has 5 heteroatoms. The lowest BCUT2D eigenvalue weighted by Gasteiger charge is -2.36. The SMILES string of the molecule is COc1ccc2ccnc(N(CC(=O)O)C(C)(C)C)c2c1. The number of carboxylic acid groups (broad SMARTS) is 1. The van der Waals surface area contributed by atoms with Crippen LogP contribution in [0.4, 0.5) is 5.82 Å². The summed E-state index contributed by atoms with van der Waals surface area (Å²) in [6.45, 7) is 5.80. The Balaban J connectivity index is 2.64. The van der Waals surface area contributed by atoms with E-state index in [2.05, 4.69) is 4.98 Å². The summed E-state index contributed by atoms with van der Waals surface area (Å²) >= 11 is 0. The Labute approximate surface area is 124 Å². The van der Waals surface area contributed by atoms with Gasteiger partial charge in [-0.1, -0.05) is 6.07 Å². The number of pyridine rings is 1. The molecule has 0 atom stereocenters. The Hall–Kier alpha value is -2.30. The summed E-state index contributed by atoms with van der Waals surface area (Å²) in [7, 11) is 1.61. The van der Waals surface area contributed by atoms with E-state index in [0.717, 1.165) is 16.5 Å². The number of benzene rings is 1. The van der Waals surface area contributed by atoms with E-state index in [1.54, 1.807) is 18.2 Å². The van der Waals surface area contributed by atoms with Gasteiger partial charge in [-0.05, 0) is 44.4 Å². The number of anilines is 1. The predicted molar refractivity (Wildman–Crippen MR) is 83.0 cm³/mol. The lowest BCUT2D eigenvalue weighted by Crippen LogP contribution is -2.45. The fourth-order valence-electron chi connectivity index (χ4n) is 2.24. The molecule has 0 amide bonds. The Morgan fingerprint density at radius 1 is 1.33 bits per heavy atom. The molecule has 1 aromatic heterocycles. The maximum absolute atomic E-state index is 11.2. The molecule has 2 rings (SSSR count). The molecule has 5 nitrogen and oxygen atoms in total. The van der Waals surface area contributed by atoms with Crippen LogP contribution in [0.25, 0.3) is 10.8 Å². The molecule has 0 spiro atoms. The molecule has 0 fully saturated rings. The second-order valence-corrected chi connectivity index (χ2v) is 5.87. The molecule has 0 bridgehead atoms. The van der Waals surface area contributed by atoms with Crippen LogP contribution in [0.5, 0.6) is 5.75 Å². The zero-order chi connectivity index (χ0) is 15.6. The van der Waals surface area contributed by atoms with Crippen molar-refractivity contribution in [2.75, 3.05) is 18.6 Å². The summed E-state index contributed by atoms with van der Waals surface area (Å²) in [6.07, 6.45) is 1.70. The van der Waals surface area contributed by atoms with Crippen molar-refractivity contribution >= 4 is 22.6 Å². The van der Waals surface area contributed by atoms with Crippen LogP contribution in [0.1, 0.15) is 20.8 Å². The van der Waals surface area contributed by atoms with E-state index in [0.29, 0.717) is 5.82 Å². The highest BCUT2D eigenvalue weighted by Crippen LogP contribution is 2.31. The molecule has 0 aliphatic heterocycles. The Morgan fingerprint density at radius 3 is 2.62 bits per heavy atom. The van der Waals surface area contributed by atoms with Crippen molar-refractivity contribution in [3.8, 4) is 5.75 Å². The fourth-order valence-corrected chi connectivity index (χ4v) is 2.24. The Kier molecular flexibility index (Phi) is 4.02. The van der Waals surface area contributed by atoms with Gasteiger partial charge in [0.25, 0.3) is 0 Å². The Bertz CT molecular complexity index is 662. The van der Waals surface area contributed by atoms with E-state index in [4.69, 9.17) is 4.74 Å². The number of carbonyl (C=O) groups is 1. The monoisotopic (exact) mass is 288 g/mol. The van der Waals surface area contributed by atoms with E-state index in [1.807, 2.05) is 45.0 Å². The van der Waals surface area contributed by atoms with Crippen molar-refractivity contribution in [1.82, 2.24) is 4.98 Å². The number of rotatable bonds is 4. The minimum atomic E-state index is -0.883. The minimum Gasteiger partial charge on any atom is -0.497 e. The second kappa shape index (κ2) is 5.60. The quantitative estimate of drug-likeness (QED) is 0.937. The fraction of sp³-hybridized carbons (Fsp3) is 0.375. The average Bonchev–Trinajstić information content (AvgIpc) is 2.42. The normalized spacial score (nSPS) is 11.4. The Morgan fingerprint density at radius 2 is 2.05 bits per heavy atom. The van der Waals surface area contributed by atoms with Gasteiger partial charge in [-0.25, -0.2) is 4.98 Å². The molecule has 0 saturated carbocycles. The van der Waals surface area contributed by atoms with Crippen molar-refractivity contribution in [2.45, 2.75) is 26.3 Å². The number of carboxylic acids is 1. The molecule has 1 N–H and O–H groups in total. The molecule has 0 aliphatic rings. The third kappa shape index (κ3) is 3.24. The molecular formula is C16H20N2O3. The van der Waals surface area contributed by atoms with Gasteiger partial charge in [0, 0.05) is 17.1 Å². The molecule has 0 unspecified atom stereocenters. The lowest BCUT2D eigenvalue weighted by atomic mass is 10.0. The smallest absolute Gasteiger partial charge is 0.323 e. The van der Waals surface area contributed by atoms with Gasteiger partial charge in [0.05, 0.1) is 7.11 Å². The number of nitrogens with zero attached hydrogens (tertiary/aromatic N) is 2. The van der Waals surface area contributed by atoms with Crippen LogP contribution in [-0.4, -0.2) is 35.3 Å². The predicted octanol–water partition coefficient (Wildman–Crippen LogP) is 2.93. The van der Waals surface area contributed by atoms with Gasteiger partial charge in [0.1, 0.15) is 18.1 Å². The van der Waals surface area contributed by atoms with Crippen LogP contribution >= 0.6 is 0 Å². The van der Waals surface area contributed by atoms with Gasteiger partial charge in [0.15, 0.2) is 0 Å². The molecule has 0 saturated heterocycles. The summed E-state index contributed by atoms with van der Waals surface area (Å²) in [5.41, 5.74) is -0.358. The van der Waals surface area contributed by atoms with Gasteiger partial charge in [0.2, 0.25) is 0 Å². The van der Waals surface area contributed by atoms with Crippen molar-refractivity contribution in [3.05, 3.63) is 30.5 Å². The highest BCUT2D eigenvalue weighted by atomic mass is 16.5. The molecule has 0 radical (unpaired) electrons. The van der Waals surface area contributed by atoms with E-state index >= 15 is 0 Å². The first-order valence-electron chi connectivity index (χ1n) is 6.75. The van der Waals surface area contributed by atoms with Gasteiger partial charge >= 0.3 is 5.97 Å². The summed E-state index contributed by atoms with van der Waals surface area (Å²) < 4.78 is 5.26.